The van der Waals surface area contributed by atoms with Crippen LogP contribution in [0, 0.1) is 34.6 Å². The van der Waals surface area contributed by atoms with Gasteiger partial charge in [0.2, 0.25) is 0 Å². The fraction of sp³-hybridized carbons (Fsp3) is 0. The van der Waals surface area contributed by atoms with Gasteiger partial charge in [-0.15, -0.1) is 15.8 Å². The molecule has 0 fully saturated rings. The third-order valence-electron chi connectivity index (χ3n) is 7.43. The normalized spacial score (nSPS) is 10.1. The first-order valence-electron chi connectivity index (χ1n) is 14.2. The van der Waals surface area contributed by atoms with Crippen LogP contribution in [-0.4, -0.2) is 0 Å². The third kappa shape index (κ3) is 6.48. The second-order valence-electron chi connectivity index (χ2n) is 10.1. The lowest BCUT2D eigenvalue weighted by molar-refractivity contribution is 0.507. The Bertz CT molecular complexity index is 1810. The van der Waals surface area contributed by atoms with Crippen molar-refractivity contribution in [1.82, 2.24) is 0 Å². The quantitative estimate of drug-likeness (QED) is 0.153. The summed E-state index contributed by atoms with van der Waals surface area (Å²) in [6, 6.07) is 47.1. The first-order valence-corrected chi connectivity index (χ1v) is 14.2. The lowest BCUT2D eigenvalue weighted by Crippen LogP contribution is -2.09. The van der Waals surface area contributed by atoms with Crippen LogP contribution in [0.2, 0.25) is 0 Å². The van der Waals surface area contributed by atoms with Crippen molar-refractivity contribution in [2.45, 2.75) is 0 Å². The fourth-order valence-corrected chi connectivity index (χ4v) is 5.16. The van der Waals surface area contributed by atoms with E-state index in [0.717, 1.165) is 50.4 Å². The Labute approximate surface area is 266 Å². The van der Waals surface area contributed by atoms with Gasteiger partial charge in [-0.1, -0.05) is 72.8 Å². The van der Waals surface area contributed by atoms with Gasteiger partial charge in [-0.25, -0.2) is 0 Å². The summed E-state index contributed by atoms with van der Waals surface area (Å²) in [5.41, 5.74) is 9.05. The Morgan fingerprint density at radius 3 is 0.696 bits per heavy atom. The summed E-state index contributed by atoms with van der Waals surface area (Å²) in [6.45, 7) is 0. The van der Waals surface area contributed by atoms with Crippen LogP contribution in [0.3, 0.4) is 0 Å². The lowest BCUT2D eigenvalue weighted by atomic mass is 10.0. The maximum Gasteiger partial charge on any atom is 0.292 e. The van der Waals surface area contributed by atoms with E-state index in [1.54, 1.807) is 55.2 Å². The molecule has 0 bridgehead atoms. The minimum Gasteiger partial charge on any atom is -0.388 e. The molecule has 0 N–H and O–H groups in total. The van der Waals surface area contributed by atoms with E-state index in [0.29, 0.717) is 17.2 Å². The van der Waals surface area contributed by atoms with E-state index >= 15 is 0 Å². The number of nitrogens with zero attached hydrogens (tertiary/aromatic N) is 4. The molecule has 0 aromatic heterocycles. The van der Waals surface area contributed by atoms with E-state index in [-0.39, 0.29) is 0 Å². The Balaban J connectivity index is 1.33. The van der Waals surface area contributed by atoms with Crippen molar-refractivity contribution in [3.63, 3.8) is 0 Å². The highest BCUT2D eigenvalue weighted by Gasteiger charge is 2.14. The van der Waals surface area contributed by atoms with E-state index in [1.807, 2.05) is 36.4 Å². The number of hydrogen-bond donors (Lipinski definition) is 0. The molecule has 7 heteroatoms. The van der Waals surface area contributed by atoms with Gasteiger partial charge in [0.05, 0.1) is 0 Å². The zero-order valence-corrected chi connectivity index (χ0v) is 24.4. The van der Waals surface area contributed by atoms with Crippen LogP contribution < -0.4 is 19.1 Å². The van der Waals surface area contributed by atoms with E-state index < -0.39 is 0 Å². The summed E-state index contributed by atoms with van der Waals surface area (Å²) >= 11 is 0. The summed E-state index contributed by atoms with van der Waals surface area (Å²) in [5, 5.41) is 26.3. The highest BCUT2D eigenvalue weighted by molar-refractivity contribution is 5.81. The van der Waals surface area contributed by atoms with Gasteiger partial charge in [0.1, 0.15) is 17.2 Å². The third-order valence-corrected chi connectivity index (χ3v) is 7.43. The minimum absolute atomic E-state index is 0.499. The molecule has 0 heterocycles. The predicted octanol–water partition coefficient (Wildman–Crippen LogP) is 9.74. The number of hydrogen-bond acceptors (Lipinski definition) is 7. The van der Waals surface area contributed by atoms with Gasteiger partial charge in [0.15, 0.2) is 0 Å². The number of nitriles is 3. The van der Waals surface area contributed by atoms with Gasteiger partial charge in [-0.3, -0.25) is 0 Å². The molecule has 218 valence electrons. The molecule has 0 saturated heterocycles. The molecule has 0 unspecified atom stereocenters. The van der Waals surface area contributed by atoms with Gasteiger partial charge in [-0.05, 0) is 106 Å². The highest BCUT2D eigenvalue weighted by Crippen LogP contribution is 2.38. The van der Waals surface area contributed by atoms with Crippen molar-refractivity contribution >= 4 is 17.1 Å². The van der Waals surface area contributed by atoms with Crippen LogP contribution in [0.4, 0.5) is 17.1 Å². The van der Waals surface area contributed by atoms with Gasteiger partial charge < -0.3 is 19.1 Å². The standard InChI is InChI=1S/C39H24N4O3/c40-25-44-37-19-7-31(8-20-37)28-1-13-34(14-2-28)43(35-15-3-29(4-16-35)32-9-21-38(22-10-32)45-26-41)36-17-5-30(6-18-36)33-11-23-39(24-12-33)46-27-42/h1-24H. The van der Waals surface area contributed by atoms with Gasteiger partial charge in [-0.2, -0.15) is 0 Å². The average molecular weight is 597 g/mol. The zero-order chi connectivity index (χ0) is 31.7. The molecule has 46 heavy (non-hydrogen) atoms. The molecule has 0 atom stereocenters. The van der Waals surface area contributed by atoms with Crippen LogP contribution in [-0.2, 0) is 0 Å². The van der Waals surface area contributed by atoms with E-state index in [1.165, 1.54) is 0 Å². The molecule has 0 radical (unpaired) electrons. The molecule has 6 aromatic carbocycles. The zero-order valence-electron chi connectivity index (χ0n) is 24.4. The largest absolute Gasteiger partial charge is 0.388 e. The number of benzene rings is 6. The first-order chi connectivity index (χ1) is 22.6. The maximum absolute atomic E-state index is 8.77. The van der Waals surface area contributed by atoms with Crippen LogP contribution in [0.5, 0.6) is 17.2 Å². The monoisotopic (exact) mass is 596 g/mol. The van der Waals surface area contributed by atoms with Crippen LogP contribution in [0.1, 0.15) is 0 Å². The van der Waals surface area contributed by atoms with Crippen LogP contribution in [0.15, 0.2) is 146 Å². The number of ether oxygens (including phenoxy) is 3. The van der Waals surface area contributed by atoms with Crippen molar-refractivity contribution in [1.29, 1.82) is 15.8 Å². The molecular weight excluding hydrogens is 572 g/mol. The molecule has 0 aliphatic carbocycles. The molecule has 6 rings (SSSR count). The average Bonchev–Trinajstić information content (AvgIpc) is 3.11. The Morgan fingerprint density at radius 2 is 0.500 bits per heavy atom. The lowest BCUT2D eigenvalue weighted by Gasteiger charge is -2.26. The minimum atomic E-state index is 0.499. The summed E-state index contributed by atoms with van der Waals surface area (Å²) in [5.74, 6) is 1.50. The SMILES string of the molecule is N#COc1ccc(-c2ccc(N(c3ccc(-c4ccc(OC#N)cc4)cc3)c3ccc(-c4ccc(OC#N)cc4)cc3)cc2)cc1. The molecule has 0 aliphatic heterocycles. The van der Waals surface area contributed by atoms with Crippen molar-refractivity contribution in [3.8, 4) is 69.4 Å². The van der Waals surface area contributed by atoms with Gasteiger partial charge >= 0.3 is 0 Å². The van der Waals surface area contributed by atoms with Crippen LogP contribution >= 0.6 is 0 Å². The molecule has 6 aromatic rings. The van der Waals surface area contributed by atoms with Crippen molar-refractivity contribution in [2.75, 3.05) is 4.90 Å². The summed E-state index contributed by atoms with van der Waals surface area (Å²) in [4.78, 5) is 2.19. The topological polar surface area (TPSA) is 102 Å². The van der Waals surface area contributed by atoms with Crippen molar-refractivity contribution in [2.24, 2.45) is 0 Å². The van der Waals surface area contributed by atoms with Gasteiger partial charge in [0, 0.05) is 17.1 Å². The number of anilines is 3. The number of rotatable bonds is 9. The summed E-state index contributed by atoms with van der Waals surface area (Å²) in [6.07, 6.45) is 5.09. The molecular formula is C39H24N4O3. The molecule has 7 nitrogen and oxygen atoms in total. The van der Waals surface area contributed by atoms with Crippen molar-refractivity contribution in [3.05, 3.63) is 146 Å². The summed E-state index contributed by atoms with van der Waals surface area (Å²) < 4.78 is 14.7. The highest BCUT2D eigenvalue weighted by atomic mass is 16.5. The fourth-order valence-electron chi connectivity index (χ4n) is 5.16. The van der Waals surface area contributed by atoms with E-state index in [4.69, 9.17) is 30.0 Å². The summed E-state index contributed by atoms with van der Waals surface area (Å²) in [7, 11) is 0. The predicted molar refractivity (Wildman–Crippen MR) is 176 cm³/mol. The molecule has 0 spiro atoms. The Morgan fingerprint density at radius 1 is 0.304 bits per heavy atom. The second kappa shape index (κ2) is 13.5. The van der Waals surface area contributed by atoms with E-state index in [9.17, 15) is 0 Å². The molecule has 0 saturated carbocycles. The second-order valence-corrected chi connectivity index (χ2v) is 10.1. The Kier molecular flexibility index (Phi) is 8.55. The first kappa shape index (κ1) is 29.1. The molecule has 0 amide bonds. The smallest absolute Gasteiger partial charge is 0.292 e. The maximum atomic E-state index is 8.77. The molecule has 0 aliphatic rings. The van der Waals surface area contributed by atoms with E-state index in [2.05, 4.69) is 77.7 Å². The van der Waals surface area contributed by atoms with Crippen molar-refractivity contribution < 1.29 is 14.2 Å². The van der Waals surface area contributed by atoms with Crippen LogP contribution in [0.25, 0.3) is 33.4 Å². The Hall–Kier alpha value is -7.01. The van der Waals surface area contributed by atoms with Gasteiger partial charge in [0.25, 0.3) is 18.8 Å².